The van der Waals surface area contributed by atoms with Gasteiger partial charge in [-0.15, -0.1) is 0 Å². The lowest BCUT2D eigenvalue weighted by atomic mass is 9.91. The standard InChI is InChI=1S/C17H20N2O/c1-9-11(3)15(18)7-5-13(9)17(20)14-6-8-16(19)12(4)10(14)2/h5-8H,18-19H2,1-4H3. The van der Waals surface area contributed by atoms with Crippen molar-refractivity contribution in [3.63, 3.8) is 0 Å². The third-order valence-electron chi connectivity index (χ3n) is 4.15. The maximum Gasteiger partial charge on any atom is 0.193 e. The Morgan fingerprint density at radius 1 is 0.700 bits per heavy atom. The molecule has 4 N–H and O–H groups in total. The van der Waals surface area contributed by atoms with Crippen molar-refractivity contribution >= 4 is 17.2 Å². The van der Waals surface area contributed by atoms with Crippen molar-refractivity contribution in [2.75, 3.05) is 11.5 Å². The molecule has 0 aliphatic heterocycles. The van der Waals surface area contributed by atoms with E-state index in [0.29, 0.717) is 22.5 Å². The third kappa shape index (κ3) is 2.16. The van der Waals surface area contributed by atoms with Crippen LogP contribution >= 0.6 is 0 Å². The predicted octanol–water partition coefficient (Wildman–Crippen LogP) is 3.32. The lowest BCUT2D eigenvalue weighted by Crippen LogP contribution is -2.09. The van der Waals surface area contributed by atoms with Crippen molar-refractivity contribution in [3.05, 3.63) is 57.6 Å². The summed E-state index contributed by atoms with van der Waals surface area (Å²) >= 11 is 0. The summed E-state index contributed by atoms with van der Waals surface area (Å²) in [7, 11) is 0. The van der Waals surface area contributed by atoms with Gasteiger partial charge in [0.05, 0.1) is 0 Å². The molecule has 0 radical (unpaired) electrons. The number of nitrogens with two attached hydrogens (primary N) is 2. The SMILES string of the molecule is Cc1c(N)ccc(C(=O)c2ccc(N)c(C)c2C)c1C. The van der Waals surface area contributed by atoms with Gasteiger partial charge >= 0.3 is 0 Å². The van der Waals surface area contributed by atoms with Gasteiger partial charge in [-0.2, -0.15) is 0 Å². The topological polar surface area (TPSA) is 69.1 Å². The van der Waals surface area contributed by atoms with Crippen molar-refractivity contribution in [2.24, 2.45) is 0 Å². The summed E-state index contributed by atoms with van der Waals surface area (Å²) in [4.78, 5) is 12.7. The van der Waals surface area contributed by atoms with Gasteiger partial charge in [-0.1, -0.05) is 0 Å². The Labute approximate surface area is 119 Å². The van der Waals surface area contributed by atoms with Crippen LogP contribution in [0.4, 0.5) is 11.4 Å². The molecule has 0 fully saturated rings. The molecule has 2 aromatic rings. The van der Waals surface area contributed by atoms with Crippen LogP contribution in [-0.2, 0) is 0 Å². The first kappa shape index (κ1) is 14.1. The molecule has 0 aromatic heterocycles. The van der Waals surface area contributed by atoms with E-state index in [2.05, 4.69) is 0 Å². The lowest BCUT2D eigenvalue weighted by Gasteiger charge is -2.13. The van der Waals surface area contributed by atoms with Gasteiger partial charge in [-0.05, 0) is 74.2 Å². The Morgan fingerprint density at radius 2 is 1.05 bits per heavy atom. The number of nitrogen functional groups attached to an aromatic ring is 2. The summed E-state index contributed by atoms with van der Waals surface area (Å²) in [5.74, 6) is 0.0196. The number of hydrogen-bond donors (Lipinski definition) is 2. The van der Waals surface area contributed by atoms with E-state index in [0.717, 1.165) is 22.3 Å². The largest absolute Gasteiger partial charge is 0.399 e. The van der Waals surface area contributed by atoms with E-state index in [-0.39, 0.29) is 5.78 Å². The van der Waals surface area contributed by atoms with Crippen molar-refractivity contribution < 1.29 is 4.79 Å². The Morgan fingerprint density at radius 3 is 1.40 bits per heavy atom. The molecule has 0 saturated heterocycles. The molecule has 0 spiro atoms. The molecule has 20 heavy (non-hydrogen) atoms. The summed E-state index contributed by atoms with van der Waals surface area (Å²) in [5.41, 5.74) is 18.4. The highest BCUT2D eigenvalue weighted by molar-refractivity contribution is 6.11. The van der Waals surface area contributed by atoms with Gasteiger partial charge in [0.15, 0.2) is 5.78 Å². The van der Waals surface area contributed by atoms with Gasteiger partial charge in [0, 0.05) is 22.5 Å². The maximum absolute atomic E-state index is 12.7. The van der Waals surface area contributed by atoms with E-state index in [4.69, 9.17) is 11.5 Å². The molecule has 3 heteroatoms. The summed E-state index contributed by atoms with van der Waals surface area (Å²) in [6, 6.07) is 7.17. The van der Waals surface area contributed by atoms with Crippen molar-refractivity contribution in [1.82, 2.24) is 0 Å². The number of ketones is 1. The second kappa shape index (κ2) is 5.00. The Kier molecular flexibility index (Phi) is 3.53. The summed E-state index contributed by atoms with van der Waals surface area (Å²) in [5, 5.41) is 0. The lowest BCUT2D eigenvalue weighted by molar-refractivity contribution is 0.103. The molecule has 2 aromatic carbocycles. The molecule has 3 nitrogen and oxygen atoms in total. The van der Waals surface area contributed by atoms with Crippen LogP contribution in [0.25, 0.3) is 0 Å². The molecule has 0 heterocycles. The number of carbonyl (C=O) groups is 1. The molecular weight excluding hydrogens is 248 g/mol. The van der Waals surface area contributed by atoms with Crippen LogP contribution in [0.5, 0.6) is 0 Å². The fourth-order valence-corrected chi connectivity index (χ4v) is 2.32. The minimum atomic E-state index is 0.0196. The molecule has 2 rings (SSSR count). The summed E-state index contributed by atoms with van der Waals surface area (Å²) < 4.78 is 0. The zero-order valence-corrected chi connectivity index (χ0v) is 12.4. The van der Waals surface area contributed by atoms with Crippen LogP contribution < -0.4 is 11.5 Å². The van der Waals surface area contributed by atoms with E-state index in [1.54, 1.807) is 24.3 Å². The second-order valence-electron chi connectivity index (χ2n) is 5.23. The van der Waals surface area contributed by atoms with Crippen LogP contribution in [0.1, 0.15) is 38.2 Å². The molecule has 0 amide bonds. The van der Waals surface area contributed by atoms with E-state index in [1.807, 2.05) is 27.7 Å². The molecule has 0 aliphatic rings. The normalized spacial score (nSPS) is 10.6. The van der Waals surface area contributed by atoms with Gasteiger partial charge in [-0.25, -0.2) is 0 Å². The van der Waals surface area contributed by atoms with Crippen LogP contribution in [0.3, 0.4) is 0 Å². The molecule has 0 atom stereocenters. The number of carbonyl (C=O) groups excluding carboxylic acids is 1. The quantitative estimate of drug-likeness (QED) is 0.648. The molecule has 104 valence electrons. The zero-order valence-electron chi connectivity index (χ0n) is 12.4. The predicted molar refractivity (Wildman–Crippen MR) is 84.1 cm³/mol. The van der Waals surface area contributed by atoms with Gasteiger partial charge in [0.1, 0.15) is 0 Å². The van der Waals surface area contributed by atoms with Crippen LogP contribution in [0.2, 0.25) is 0 Å². The average Bonchev–Trinajstić information content (AvgIpc) is 2.42. The molecule has 0 saturated carbocycles. The third-order valence-corrected chi connectivity index (χ3v) is 4.15. The minimum absolute atomic E-state index is 0.0196. The number of benzene rings is 2. The van der Waals surface area contributed by atoms with Crippen molar-refractivity contribution in [1.29, 1.82) is 0 Å². The first-order valence-electron chi connectivity index (χ1n) is 6.60. The number of hydrogen-bond acceptors (Lipinski definition) is 3. The molecule has 0 unspecified atom stereocenters. The van der Waals surface area contributed by atoms with Crippen LogP contribution in [0.15, 0.2) is 24.3 Å². The fourth-order valence-electron chi connectivity index (χ4n) is 2.32. The number of anilines is 2. The highest BCUT2D eigenvalue weighted by Crippen LogP contribution is 2.26. The number of rotatable bonds is 2. The molecular formula is C17H20N2O. The molecule has 0 aliphatic carbocycles. The van der Waals surface area contributed by atoms with Crippen LogP contribution in [-0.4, -0.2) is 5.78 Å². The van der Waals surface area contributed by atoms with Gasteiger partial charge in [0.25, 0.3) is 0 Å². The maximum atomic E-state index is 12.7. The summed E-state index contributed by atoms with van der Waals surface area (Å²) in [6.45, 7) is 7.72. The van der Waals surface area contributed by atoms with E-state index < -0.39 is 0 Å². The first-order valence-corrected chi connectivity index (χ1v) is 6.60. The Hall–Kier alpha value is -2.29. The highest BCUT2D eigenvalue weighted by atomic mass is 16.1. The zero-order chi connectivity index (χ0) is 15.0. The minimum Gasteiger partial charge on any atom is -0.399 e. The Balaban J connectivity index is 2.58. The van der Waals surface area contributed by atoms with Crippen LogP contribution in [0, 0.1) is 27.7 Å². The van der Waals surface area contributed by atoms with Gasteiger partial charge in [0.2, 0.25) is 0 Å². The average molecular weight is 268 g/mol. The second-order valence-corrected chi connectivity index (χ2v) is 5.23. The smallest absolute Gasteiger partial charge is 0.193 e. The van der Waals surface area contributed by atoms with E-state index in [9.17, 15) is 4.79 Å². The highest BCUT2D eigenvalue weighted by Gasteiger charge is 2.17. The fraction of sp³-hybridized carbons (Fsp3) is 0.235. The van der Waals surface area contributed by atoms with Crippen molar-refractivity contribution in [3.8, 4) is 0 Å². The van der Waals surface area contributed by atoms with Gasteiger partial charge < -0.3 is 11.5 Å². The van der Waals surface area contributed by atoms with E-state index in [1.165, 1.54) is 0 Å². The monoisotopic (exact) mass is 268 g/mol. The van der Waals surface area contributed by atoms with Crippen molar-refractivity contribution in [2.45, 2.75) is 27.7 Å². The van der Waals surface area contributed by atoms with Gasteiger partial charge in [-0.3, -0.25) is 4.79 Å². The van der Waals surface area contributed by atoms with E-state index >= 15 is 0 Å². The molecule has 0 bridgehead atoms. The Bertz CT molecular complexity index is 643. The first-order chi connectivity index (χ1) is 9.34. The summed E-state index contributed by atoms with van der Waals surface area (Å²) in [6.07, 6.45) is 0.